The van der Waals surface area contributed by atoms with E-state index in [1.165, 1.54) is 6.42 Å². The molecule has 0 aliphatic heterocycles. The number of aryl methyl sites for hydroxylation is 1. The van der Waals surface area contributed by atoms with Crippen LogP contribution in [0.25, 0.3) is 0 Å². The predicted octanol–water partition coefficient (Wildman–Crippen LogP) is 2.98. The number of rotatable bonds is 4. The Kier molecular flexibility index (Phi) is 5.01. The number of carbonyl (C=O) groups excluding carboxylic acids is 1. The van der Waals surface area contributed by atoms with Crippen molar-refractivity contribution in [1.29, 1.82) is 0 Å². The summed E-state index contributed by atoms with van der Waals surface area (Å²) in [7, 11) is 0. The molecule has 20 heavy (non-hydrogen) atoms. The van der Waals surface area contributed by atoms with Gasteiger partial charge in [0.1, 0.15) is 0 Å². The van der Waals surface area contributed by atoms with Crippen LogP contribution in [0.5, 0.6) is 0 Å². The summed E-state index contributed by atoms with van der Waals surface area (Å²) in [4.78, 5) is 14.4. The molecule has 1 aromatic carbocycles. The van der Waals surface area contributed by atoms with E-state index in [1.807, 2.05) is 43.0 Å². The first-order valence-electron chi connectivity index (χ1n) is 7.50. The number of nitrogens with zero attached hydrogens (tertiary/aromatic N) is 1. The van der Waals surface area contributed by atoms with E-state index in [1.54, 1.807) is 0 Å². The third kappa shape index (κ3) is 3.31. The van der Waals surface area contributed by atoms with Crippen molar-refractivity contribution in [2.45, 2.75) is 39.2 Å². The van der Waals surface area contributed by atoms with E-state index < -0.39 is 0 Å². The molecule has 1 saturated carbocycles. The molecule has 0 radical (unpaired) electrons. The van der Waals surface area contributed by atoms with Gasteiger partial charge in [0.2, 0.25) is 0 Å². The lowest BCUT2D eigenvalue weighted by Gasteiger charge is -2.32. The molecule has 1 fully saturated rings. The van der Waals surface area contributed by atoms with Crippen LogP contribution in [0.1, 0.15) is 31.7 Å². The number of hydrogen-bond acceptors (Lipinski definition) is 2. The van der Waals surface area contributed by atoms with Crippen LogP contribution in [-0.2, 0) is 0 Å². The van der Waals surface area contributed by atoms with Crippen molar-refractivity contribution in [3.8, 4) is 0 Å². The largest absolute Gasteiger partial charge is 0.330 e. The van der Waals surface area contributed by atoms with Crippen molar-refractivity contribution >= 4 is 11.7 Å². The zero-order chi connectivity index (χ0) is 14.5. The first-order chi connectivity index (χ1) is 9.65. The summed E-state index contributed by atoms with van der Waals surface area (Å²) in [6, 6.07) is 8.17. The van der Waals surface area contributed by atoms with Crippen LogP contribution in [0.4, 0.5) is 10.5 Å². The van der Waals surface area contributed by atoms with Gasteiger partial charge in [0.15, 0.2) is 0 Å². The lowest BCUT2D eigenvalue weighted by atomic mass is 10.0. The highest BCUT2D eigenvalue weighted by atomic mass is 16.2. The maximum Gasteiger partial charge on any atom is 0.322 e. The molecular formula is C16H25N3O. The molecule has 2 rings (SSSR count). The lowest BCUT2D eigenvalue weighted by molar-refractivity contribution is 0.175. The van der Waals surface area contributed by atoms with Gasteiger partial charge in [-0.25, -0.2) is 4.79 Å². The predicted molar refractivity (Wildman–Crippen MR) is 82.8 cm³/mol. The van der Waals surface area contributed by atoms with Crippen molar-refractivity contribution in [3.05, 3.63) is 29.8 Å². The van der Waals surface area contributed by atoms with E-state index in [2.05, 4.69) is 5.32 Å². The highest BCUT2D eigenvalue weighted by Gasteiger charge is 2.33. The van der Waals surface area contributed by atoms with Gasteiger partial charge in [0.05, 0.1) is 0 Å². The zero-order valence-corrected chi connectivity index (χ0v) is 12.4. The minimum absolute atomic E-state index is 0.0107. The van der Waals surface area contributed by atoms with Gasteiger partial charge in [0, 0.05) is 18.3 Å². The summed E-state index contributed by atoms with van der Waals surface area (Å²) in [5.74, 6) is 0.443. The minimum Gasteiger partial charge on any atom is -0.330 e. The monoisotopic (exact) mass is 275 g/mol. The smallest absolute Gasteiger partial charge is 0.322 e. The average molecular weight is 275 g/mol. The summed E-state index contributed by atoms with van der Waals surface area (Å²) < 4.78 is 0. The van der Waals surface area contributed by atoms with Gasteiger partial charge in [-0.2, -0.15) is 0 Å². The maximum absolute atomic E-state index is 12.5. The van der Waals surface area contributed by atoms with Gasteiger partial charge in [-0.05, 0) is 56.8 Å². The van der Waals surface area contributed by atoms with Crippen molar-refractivity contribution < 1.29 is 4.79 Å². The minimum atomic E-state index is -0.0107. The molecule has 3 N–H and O–H groups in total. The van der Waals surface area contributed by atoms with E-state index >= 15 is 0 Å². The van der Waals surface area contributed by atoms with Crippen molar-refractivity contribution in [3.63, 3.8) is 0 Å². The number of urea groups is 1. The van der Waals surface area contributed by atoms with Crippen LogP contribution < -0.4 is 11.1 Å². The summed E-state index contributed by atoms with van der Waals surface area (Å²) in [5.41, 5.74) is 7.83. The Morgan fingerprint density at radius 2 is 2.25 bits per heavy atom. The summed E-state index contributed by atoms with van der Waals surface area (Å²) in [5, 5.41) is 3.00. The fourth-order valence-electron chi connectivity index (χ4n) is 3.15. The summed E-state index contributed by atoms with van der Waals surface area (Å²) in [6.07, 6.45) is 3.37. The standard InChI is InChI=1S/C16H25N3O/c1-3-19(15-9-5-7-13(15)11-17)16(20)18-14-8-4-6-12(2)10-14/h4,6,8,10,13,15H,3,5,7,9,11,17H2,1-2H3,(H,18,20). The second-order valence-electron chi connectivity index (χ2n) is 5.58. The topological polar surface area (TPSA) is 58.4 Å². The van der Waals surface area contributed by atoms with E-state index in [-0.39, 0.29) is 12.1 Å². The number of nitrogens with two attached hydrogens (primary N) is 1. The fraction of sp³-hybridized carbons (Fsp3) is 0.562. The third-order valence-corrected chi connectivity index (χ3v) is 4.19. The number of hydrogen-bond donors (Lipinski definition) is 2. The molecule has 4 nitrogen and oxygen atoms in total. The van der Waals surface area contributed by atoms with Gasteiger partial charge in [0.25, 0.3) is 0 Å². The molecule has 1 aliphatic carbocycles. The number of anilines is 1. The van der Waals surface area contributed by atoms with Crippen molar-refractivity contribution in [2.75, 3.05) is 18.4 Å². The molecule has 1 aromatic rings. The average Bonchev–Trinajstić information content (AvgIpc) is 2.88. The fourth-order valence-corrected chi connectivity index (χ4v) is 3.15. The number of benzene rings is 1. The van der Waals surface area contributed by atoms with Gasteiger partial charge < -0.3 is 16.0 Å². The molecule has 110 valence electrons. The summed E-state index contributed by atoms with van der Waals surface area (Å²) >= 11 is 0. The first kappa shape index (κ1) is 14.9. The van der Waals surface area contributed by atoms with Crippen LogP contribution in [-0.4, -0.2) is 30.1 Å². The Hall–Kier alpha value is -1.55. The quantitative estimate of drug-likeness (QED) is 0.887. The molecule has 0 bridgehead atoms. The molecule has 0 spiro atoms. The highest BCUT2D eigenvalue weighted by molar-refractivity contribution is 5.89. The Morgan fingerprint density at radius 3 is 2.90 bits per heavy atom. The lowest BCUT2D eigenvalue weighted by Crippen LogP contribution is -2.46. The summed E-state index contributed by atoms with van der Waals surface area (Å²) in [6.45, 7) is 5.44. The molecule has 0 aromatic heterocycles. The van der Waals surface area contributed by atoms with Crippen molar-refractivity contribution in [1.82, 2.24) is 4.90 Å². The van der Waals surface area contributed by atoms with Crippen LogP contribution >= 0.6 is 0 Å². The molecule has 2 unspecified atom stereocenters. The molecule has 0 saturated heterocycles. The van der Waals surface area contributed by atoms with E-state index in [0.717, 1.165) is 30.6 Å². The Labute approximate surface area is 121 Å². The second-order valence-corrected chi connectivity index (χ2v) is 5.58. The molecule has 0 heterocycles. The number of amides is 2. The number of carbonyl (C=O) groups is 1. The van der Waals surface area contributed by atoms with Gasteiger partial charge in [-0.1, -0.05) is 18.6 Å². The van der Waals surface area contributed by atoms with Crippen LogP contribution in [0.3, 0.4) is 0 Å². The van der Waals surface area contributed by atoms with E-state index in [0.29, 0.717) is 12.5 Å². The third-order valence-electron chi connectivity index (χ3n) is 4.19. The maximum atomic E-state index is 12.5. The van der Waals surface area contributed by atoms with Crippen LogP contribution in [0.2, 0.25) is 0 Å². The normalized spacial score (nSPS) is 21.8. The second kappa shape index (κ2) is 6.75. The van der Waals surface area contributed by atoms with Crippen LogP contribution in [0, 0.1) is 12.8 Å². The Balaban J connectivity index is 2.05. The van der Waals surface area contributed by atoms with Gasteiger partial charge in [-0.3, -0.25) is 0 Å². The molecule has 1 aliphatic rings. The van der Waals surface area contributed by atoms with E-state index in [4.69, 9.17) is 5.73 Å². The molecule has 2 amide bonds. The van der Waals surface area contributed by atoms with Gasteiger partial charge >= 0.3 is 6.03 Å². The van der Waals surface area contributed by atoms with E-state index in [9.17, 15) is 4.79 Å². The van der Waals surface area contributed by atoms with Crippen molar-refractivity contribution in [2.24, 2.45) is 11.7 Å². The zero-order valence-electron chi connectivity index (χ0n) is 12.4. The SMILES string of the molecule is CCN(C(=O)Nc1cccc(C)c1)C1CCCC1CN. The first-order valence-corrected chi connectivity index (χ1v) is 7.50. The molecule has 4 heteroatoms. The molecular weight excluding hydrogens is 250 g/mol. The van der Waals surface area contributed by atoms with Crippen LogP contribution in [0.15, 0.2) is 24.3 Å². The molecule has 2 atom stereocenters. The number of nitrogens with one attached hydrogen (secondary N) is 1. The Morgan fingerprint density at radius 1 is 1.45 bits per heavy atom. The van der Waals surface area contributed by atoms with Gasteiger partial charge in [-0.15, -0.1) is 0 Å². The highest BCUT2D eigenvalue weighted by Crippen LogP contribution is 2.29. The Bertz CT molecular complexity index is 461.